The van der Waals surface area contributed by atoms with Gasteiger partial charge in [0.1, 0.15) is 0 Å². The third kappa shape index (κ3) is 6.04. The molecule has 1 fully saturated rings. The second-order valence-electron chi connectivity index (χ2n) is 4.49. The molecule has 76 valence electrons. The maximum Gasteiger partial charge on any atom is 1.00 e. The SMILES string of the molecule is C=C(CCC1CCC[N-]C1)C(C)C.[K+]. The molecule has 1 aliphatic rings. The van der Waals surface area contributed by atoms with Crippen LogP contribution in [0.3, 0.4) is 0 Å². The van der Waals surface area contributed by atoms with Crippen molar-refractivity contribution in [3.63, 3.8) is 0 Å². The van der Waals surface area contributed by atoms with Crippen molar-refractivity contribution in [3.05, 3.63) is 17.5 Å². The predicted octanol–water partition coefficient (Wildman–Crippen LogP) is 0.766. The molecular formula is C12H22KN. The van der Waals surface area contributed by atoms with E-state index in [0.717, 1.165) is 19.0 Å². The second-order valence-corrected chi connectivity index (χ2v) is 4.49. The van der Waals surface area contributed by atoms with E-state index in [9.17, 15) is 0 Å². The number of nitrogens with zero attached hydrogens (tertiary/aromatic N) is 1. The largest absolute Gasteiger partial charge is 1.00 e. The molecule has 0 N–H and O–H groups in total. The standard InChI is InChI=1S/C12H22N.K/c1-10(2)11(3)6-7-12-5-4-8-13-9-12;/h10,12H,3-9H2,1-2H3;/q-1;+1. The van der Waals surface area contributed by atoms with Crippen molar-refractivity contribution < 1.29 is 51.4 Å². The van der Waals surface area contributed by atoms with Gasteiger partial charge in [-0.3, -0.25) is 0 Å². The van der Waals surface area contributed by atoms with E-state index < -0.39 is 0 Å². The second kappa shape index (κ2) is 8.48. The van der Waals surface area contributed by atoms with Crippen LogP contribution in [0.4, 0.5) is 0 Å². The molecule has 14 heavy (non-hydrogen) atoms. The molecule has 1 heterocycles. The minimum atomic E-state index is 0. The molecule has 0 aromatic carbocycles. The van der Waals surface area contributed by atoms with Crippen molar-refractivity contribution in [2.45, 2.75) is 39.5 Å². The van der Waals surface area contributed by atoms with Gasteiger partial charge in [0.25, 0.3) is 0 Å². The summed E-state index contributed by atoms with van der Waals surface area (Å²) in [5.41, 5.74) is 1.41. The van der Waals surface area contributed by atoms with E-state index in [1.165, 1.54) is 31.3 Å². The molecule has 1 atom stereocenters. The molecule has 1 saturated heterocycles. The van der Waals surface area contributed by atoms with E-state index in [1.54, 1.807) is 0 Å². The molecular weight excluding hydrogens is 197 g/mol. The molecule has 1 nitrogen and oxygen atoms in total. The molecule has 0 radical (unpaired) electrons. The molecule has 2 heteroatoms. The van der Waals surface area contributed by atoms with E-state index in [1.807, 2.05) is 0 Å². The Morgan fingerprint density at radius 1 is 1.50 bits per heavy atom. The van der Waals surface area contributed by atoms with Crippen LogP contribution >= 0.6 is 0 Å². The molecule has 0 spiro atoms. The van der Waals surface area contributed by atoms with Crippen LogP contribution < -0.4 is 51.4 Å². The smallest absolute Gasteiger partial charge is 0.662 e. The van der Waals surface area contributed by atoms with Gasteiger partial charge in [-0.05, 0) is 18.8 Å². The summed E-state index contributed by atoms with van der Waals surface area (Å²) in [5, 5.41) is 4.45. The summed E-state index contributed by atoms with van der Waals surface area (Å²) >= 11 is 0. The van der Waals surface area contributed by atoms with E-state index in [0.29, 0.717) is 5.92 Å². The Bertz CT molecular complexity index is 160. The first-order valence-electron chi connectivity index (χ1n) is 5.51. The third-order valence-corrected chi connectivity index (χ3v) is 3.01. The molecule has 0 aromatic rings. The Kier molecular flexibility index (Phi) is 9.29. The van der Waals surface area contributed by atoms with Crippen LogP contribution in [0.5, 0.6) is 0 Å². The average molecular weight is 219 g/mol. The summed E-state index contributed by atoms with van der Waals surface area (Å²) in [4.78, 5) is 0. The minimum absolute atomic E-state index is 0. The van der Waals surface area contributed by atoms with Crippen molar-refractivity contribution >= 4 is 0 Å². The van der Waals surface area contributed by atoms with Gasteiger partial charge in [-0.25, -0.2) is 0 Å². The number of allylic oxidation sites excluding steroid dienone is 1. The van der Waals surface area contributed by atoms with Gasteiger partial charge < -0.3 is 5.32 Å². The fraction of sp³-hybridized carbons (Fsp3) is 0.833. The van der Waals surface area contributed by atoms with Crippen LogP contribution in [0.15, 0.2) is 12.2 Å². The van der Waals surface area contributed by atoms with Crippen molar-refractivity contribution in [1.29, 1.82) is 0 Å². The molecule has 0 aromatic heterocycles. The zero-order valence-electron chi connectivity index (χ0n) is 10.1. The van der Waals surface area contributed by atoms with Gasteiger partial charge in [-0.1, -0.05) is 44.8 Å². The average Bonchev–Trinajstić information content (AvgIpc) is 2.15. The number of rotatable bonds is 4. The first-order chi connectivity index (χ1) is 6.20. The summed E-state index contributed by atoms with van der Waals surface area (Å²) in [6.45, 7) is 10.8. The summed E-state index contributed by atoms with van der Waals surface area (Å²) < 4.78 is 0. The van der Waals surface area contributed by atoms with Crippen molar-refractivity contribution in [1.82, 2.24) is 0 Å². The fourth-order valence-electron chi connectivity index (χ4n) is 1.77. The first-order valence-corrected chi connectivity index (χ1v) is 5.51. The maximum atomic E-state index is 4.45. The van der Waals surface area contributed by atoms with Crippen LogP contribution in [0.2, 0.25) is 0 Å². The van der Waals surface area contributed by atoms with Crippen LogP contribution in [-0.4, -0.2) is 13.1 Å². The summed E-state index contributed by atoms with van der Waals surface area (Å²) in [6, 6.07) is 0. The molecule has 0 amide bonds. The quantitative estimate of drug-likeness (QED) is 0.490. The van der Waals surface area contributed by atoms with Crippen molar-refractivity contribution in [2.75, 3.05) is 13.1 Å². The molecule has 0 saturated carbocycles. The predicted molar refractivity (Wildman–Crippen MR) is 59.0 cm³/mol. The normalized spacial score (nSPS) is 21.8. The van der Waals surface area contributed by atoms with E-state index in [2.05, 4.69) is 25.7 Å². The fourth-order valence-corrected chi connectivity index (χ4v) is 1.77. The Morgan fingerprint density at radius 3 is 2.71 bits per heavy atom. The van der Waals surface area contributed by atoms with Crippen LogP contribution in [0, 0.1) is 11.8 Å². The molecule has 1 unspecified atom stereocenters. The Labute approximate surface area is 132 Å². The molecule has 0 bridgehead atoms. The van der Waals surface area contributed by atoms with Crippen LogP contribution in [0.25, 0.3) is 5.32 Å². The Hall–Kier alpha value is 1.34. The van der Waals surface area contributed by atoms with Gasteiger partial charge in [0.05, 0.1) is 0 Å². The van der Waals surface area contributed by atoms with Gasteiger partial charge in [0, 0.05) is 0 Å². The first kappa shape index (κ1) is 15.3. The van der Waals surface area contributed by atoms with Gasteiger partial charge in [-0.2, -0.15) is 0 Å². The van der Waals surface area contributed by atoms with Gasteiger partial charge in [0.2, 0.25) is 0 Å². The Morgan fingerprint density at radius 2 is 2.21 bits per heavy atom. The molecule has 0 aliphatic carbocycles. The van der Waals surface area contributed by atoms with E-state index in [-0.39, 0.29) is 51.4 Å². The van der Waals surface area contributed by atoms with Gasteiger partial charge >= 0.3 is 51.4 Å². The zero-order valence-corrected chi connectivity index (χ0v) is 13.2. The number of hydrogen-bond donors (Lipinski definition) is 0. The van der Waals surface area contributed by atoms with Gasteiger partial charge in [-0.15, -0.1) is 13.1 Å². The van der Waals surface area contributed by atoms with Crippen molar-refractivity contribution in [3.8, 4) is 0 Å². The topological polar surface area (TPSA) is 14.1 Å². The van der Waals surface area contributed by atoms with E-state index >= 15 is 0 Å². The summed E-state index contributed by atoms with van der Waals surface area (Å²) in [5.74, 6) is 1.50. The van der Waals surface area contributed by atoms with Crippen molar-refractivity contribution in [2.24, 2.45) is 11.8 Å². The summed E-state index contributed by atoms with van der Waals surface area (Å²) in [6.07, 6.45) is 5.20. The van der Waals surface area contributed by atoms with Gasteiger partial charge in [0.15, 0.2) is 0 Å². The minimum Gasteiger partial charge on any atom is -0.662 e. The van der Waals surface area contributed by atoms with Crippen LogP contribution in [0.1, 0.15) is 39.5 Å². The maximum absolute atomic E-state index is 4.45. The third-order valence-electron chi connectivity index (χ3n) is 3.01. The Balaban J connectivity index is 0.00000169. The number of hydrogen-bond acceptors (Lipinski definition) is 0. The van der Waals surface area contributed by atoms with E-state index in [4.69, 9.17) is 0 Å². The summed E-state index contributed by atoms with van der Waals surface area (Å²) in [7, 11) is 0. The number of piperidine rings is 1. The monoisotopic (exact) mass is 219 g/mol. The molecule has 1 rings (SSSR count). The zero-order chi connectivity index (χ0) is 9.68. The van der Waals surface area contributed by atoms with Crippen LogP contribution in [-0.2, 0) is 0 Å². The molecule has 1 aliphatic heterocycles.